The van der Waals surface area contributed by atoms with Crippen molar-refractivity contribution in [3.05, 3.63) is 42.5 Å². The molecule has 3 rings (SSSR count). The molecule has 0 aromatic heterocycles. The number of rotatable bonds is 3. The first-order valence-electron chi connectivity index (χ1n) is 8.32. The largest absolute Gasteiger partial charge is 0.484 e. The molecule has 24 heavy (non-hydrogen) atoms. The summed E-state index contributed by atoms with van der Waals surface area (Å²) in [6.07, 6.45) is 2.23. The summed E-state index contributed by atoms with van der Waals surface area (Å²) in [4.78, 5) is 14.1. The number of carbonyl (C=O) groups is 1. The predicted molar refractivity (Wildman–Crippen MR) is 100 cm³/mol. The monoisotopic (exact) mass is 342 g/mol. The van der Waals surface area contributed by atoms with Gasteiger partial charge in [-0.15, -0.1) is 0 Å². The van der Waals surface area contributed by atoms with Crippen LogP contribution in [0.5, 0.6) is 5.75 Å². The van der Waals surface area contributed by atoms with E-state index < -0.39 is 0 Å². The van der Waals surface area contributed by atoms with E-state index in [9.17, 15) is 4.79 Å². The topological polar surface area (TPSA) is 41.6 Å². The van der Waals surface area contributed by atoms with Gasteiger partial charge in [-0.1, -0.05) is 37.3 Å². The second kappa shape index (κ2) is 7.62. The van der Waals surface area contributed by atoms with Crippen molar-refractivity contribution < 1.29 is 9.53 Å². The number of thiocarbonyl (C=S) groups is 1. The summed E-state index contributed by atoms with van der Waals surface area (Å²) in [6.45, 7) is 4.02. The average Bonchev–Trinajstić information content (AvgIpc) is 2.60. The van der Waals surface area contributed by atoms with E-state index in [1.165, 1.54) is 0 Å². The molecule has 1 amide bonds. The fourth-order valence-corrected chi connectivity index (χ4v) is 3.15. The van der Waals surface area contributed by atoms with Crippen LogP contribution in [0, 0.1) is 5.92 Å². The number of hydrogen-bond donors (Lipinski definition) is 1. The molecule has 0 bridgehead atoms. The van der Waals surface area contributed by atoms with Crippen LogP contribution in [0.1, 0.15) is 19.8 Å². The van der Waals surface area contributed by atoms with Gasteiger partial charge in [-0.2, -0.15) is 0 Å². The van der Waals surface area contributed by atoms with E-state index in [1.54, 1.807) is 0 Å². The number of nitrogens with one attached hydrogen (secondary N) is 1. The number of carbonyl (C=O) groups excluding carboxylic acids is 1. The average molecular weight is 342 g/mol. The molecule has 0 spiro atoms. The highest BCUT2D eigenvalue weighted by Crippen LogP contribution is 2.20. The molecule has 5 heteroatoms. The van der Waals surface area contributed by atoms with Crippen LogP contribution in [-0.4, -0.2) is 35.6 Å². The quantitative estimate of drug-likeness (QED) is 0.869. The Morgan fingerprint density at radius 1 is 1.21 bits per heavy atom. The van der Waals surface area contributed by atoms with Gasteiger partial charge in [-0.3, -0.25) is 4.79 Å². The Morgan fingerprint density at radius 3 is 2.67 bits per heavy atom. The zero-order chi connectivity index (χ0) is 16.9. The van der Waals surface area contributed by atoms with Crippen LogP contribution in [0.2, 0.25) is 0 Å². The lowest BCUT2D eigenvalue weighted by molar-refractivity contribution is -0.121. The number of benzene rings is 2. The van der Waals surface area contributed by atoms with Crippen LogP contribution in [0.15, 0.2) is 42.5 Å². The van der Waals surface area contributed by atoms with Crippen molar-refractivity contribution in [3.8, 4) is 5.75 Å². The van der Waals surface area contributed by atoms with Crippen molar-refractivity contribution in [2.24, 2.45) is 5.92 Å². The van der Waals surface area contributed by atoms with Gasteiger partial charge in [-0.05, 0) is 53.9 Å². The summed E-state index contributed by atoms with van der Waals surface area (Å²) >= 11 is 5.32. The summed E-state index contributed by atoms with van der Waals surface area (Å²) in [5.41, 5.74) is 0. The Labute approximate surface area is 147 Å². The molecule has 1 N–H and O–H groups in total. The SMILES string of the molecule is CC1CCN(C(=S)NC(=O)COc2ccc3ccccc3c2)CC1. The van der Waals surface area contributed by atoms with E-state index in [4.69, 9.17) is 17.0 Å². The van der Waals surface area contributed by atoms with E-state index >= 15 is 0 Å². The molecule has 1 heterocycles. The maximum atomic E-state index is 12.0. The molecule has 1 fully saturated rings. The molecule has 1 aliphatic rings. The van der Waals surface area contributed by atoms with E-state index in [2.05, 4.69) is 17.1 Å². The van der Waals surface area contributed by atoms with E-state index in [0.717, 1.165) is 42.6 Å². The lowest BCUT2D eigenvalue weighted by atomic mass is 10.00. The van der Waals surface area contributed by atoms with Crippen LogP contribution < -0.4 is 10.1 Å². The van der Waals surface area contributed by atoms with Gasteiger partial charge >= 0.3 is 0 Å². The predicted octanol–water partition coefficient (Wildman–Crippen LogP) is 3.35. The second-order valence-electron chi connectivity index (χ2n) is 6.32. The van der Waals surface area contributed by atoms with E-state index in [-0.39, 0.29) is 12.5 Å². The van der Waals surface area contributed by atoms with Crippen molar-refractivity contribution >= 4 is 34.0 Å². The smallest absolute Gasteiger partial charge is 0.264 e. The molecule has 2 aromatic carbocycles. The second-order valence-corrected chi connectivity index (χ2v) is 6.71. The molecular formula is C19H22N2O2S. The summed E-state index contributed by atoms with van der Waals surface area (Å²) in [5.74, 6) is 1.20. The normalized spacial score (nSPS) is 15.3. The van der Waals surface area contributed by atoms with Crippen molar-refractivity contribution in [2.75, 3.05) is 19.7 Å². The van der Waals surface area contributed by atoms with Crippen LogP contribution in [0.3, 0.4) is 0 Å². The molecule has 4 nitrogen and oxygen atoms in total. The van der Waals surface area contributed by atoms with Crippen molar-refractivity contribution in [1.82, 2.24) is 10.2 Å². The molecular weight excluding hydrogens is 320 g/mol. The zero-order valence-electron chi connectivity index (χ0n) is 13.8. The van der Waals surface area contributed by atoms with Gasteiger partial charge in [0.2, 0.25) is 0 Å². The van der Waals surface area contributed by atoms with E-state index in [1.807, 2.05) is 42.5 Å². The number of hydrogen-bond acceptors (Lipinski definition) is 3. The Balaban J connectivity index is 1.50. The summed E-state index contributed by atoms with van der Waals surface area (Å²) in [6, 6.07) is 13.9. The van der Waals surface area contributed by atoms with Gasteiger partial charge in [0.1, 0.15) is 5.75 Å². The minimum absolute atomic E-state index is 0.0390. The molecule has 0 atom stereocenters. The van der Waals surface area contributed by atoms with Crippen molar-refractivity contribution in [2.45, 2.75) is 19.8 Å². The standard InChI is InChI=1S/C19H22N2O2S/c1-14-8-10-21(11-9-14)19(24)20-18(22)13-23-17-7-6-15-4-2-3-5-16(15)12-17/h2-7,12,14H,8-11,13H2,1H3,(H,20,22,24). The lowest BCUT2D eigenvalue weighted by Gasteiger charge is -2.32. The third-order valence-electron chi connectivity index (χ3n) is 4.41. The third kappa shape index (κ3) is 4.23. The maximum Gasteiger partial charge on any atom is 0.264 e. The highest BCUT2D eigenvalue weighted by atomic mass is 32.1. The van der Waals surface area contributed by atoms with Crippen LogP contribution in [-0.2, 0) is 4.79 Å². The number of ether oxygens (including phenoxy) is 1. The number of piperidine rings is 1. The summed E-state index contributed by atoms with van der Waals surface area (Å²) < 4.78 is 5.59. The highest BCUT2D eigenvalue weighted by molar-refractivity contribution is 7.80. The molecule has 0 aliphatic carbocycles. The van der Waals surface area contributed by atoms with Gasteiger partial charge in [0, 0.05) is 13.1 Å². The molecule has 0 unspecified atom stereocenters. The fraction of sp³-hybridized carbons (Fsp3) is 0.368. The number of nitrogens with zero attached hydrogens (tertiary/aromatic N) is 1. The Bertz CT molecular complexity index is 739. The Hall–Kier alpha value is -2.14. The summed E-state index contributed by atoms with van der Waals surface area (Å²) in [5, 5.41) is 5.51. The van der Waals surface area contributed by atoms with Crippen molar-refractivity contribution in [3.63, 3.8) is 0 Å². The minimum atomic E-state index is -0.216. The molecule has 1 saturated heterocycles. The van der Waals surface area contributed by atoms with Crippen LogP contribution >= 0.6 is 12.2 Å². The first-order valence-corrected chi connectivity index (χ1v) is 8.73. The Morgan fingerprint density at radius 2 is 1.92 bits per heavy atom. The molecule has 2 aromatic rings. The van der Waals surface area contributed by atoms with Crippen LogP contribution in [0.25, 0.3) is 10.8 Å². The van der Waals surface area contributed by atoms with Gasteiger partial charge in [0.05, 0.1) is 0 Å². The van der Waals surface area contributed by atoms with E-state index in [0.29, 0.717) is 10.9 Å². The first kappa shape index (κ1) is 16.7. The molecule has 126 valence electrons. The molecule has 0 radical (unpaired) electrons. The summed E-state index contributed by atoms with van der Waals surface area (Å²) in [7, 11) is 0. The lowest BCUT2D eigenvalue weighted by Crippen LogP contribution is -2.47. The number of fused-ring (bicyclic) bond motifs is 1. The van der Waals surface area contributed by atoms with Gasteiger partial charge in [-0.25, -0.2) is 0 Å². The minimum Gasteiger partial charge on any atom is -0.484 e. The van der Waals surface area contributed by atoms with Crippen LogP contribution in [0.4, 0.5) is 0 Å². The molecule has 0 saturated carbocycles. The number of likely N-dealkylation sites (tertiary alicyclic amines) is 1. The Kier molecular flexibility index (Phi) is 5.30. The third-order valence-corrected chi connectivity index (χ3v) is 4.77. The fourth-order valence-electron chi connectivity index (χ4n) is 2.85. The van der Waals surface area contributed by atoms with Gasteiger partial charge in [0.25, 0.3) is 5.91 Å². The van der Waals surface area contributed by atoms with Crippen molar-refractivity contribution in [1.29, 1.82) is 0 Å². The van der Waals surface area contributed by atoms with Gasteiger partial charge < -0.3 is 15.0 Å². The first-order chi connectivity index (χ1) is 11.6. The zero-order valence-corrected chi connectivity index (χ0v) is 14.6. The van der Waals surface area contributed by atoms with Gasteiger partial charge in [0.15, 0.2) is 11.7 Å². The maximum absolute atomic E-state index is 12.0. The number of amides is 1. The highest BCUT2D eigenvalue weighted by Gasteiger charge is 2.19. The molecule has 1 aliphatic heterocycles.